The average molecular weight is 516 g/mol. The van der Waals surface area contributed by atoms with Crippen molar-refractivity contribution in [3.63, 3.8) is 0 Å². The molecule has 1 atom stereocenters. The number of likely N-dealkylation sites (N-methyl/N-ethyl adjacent to an activating group) is 1. The van der Waals surface area contributed by atoms with Crippen LogP contribution in [0.2, 0.25) is 10.0 Å². The quantitative estimate of drug-likeness (QED) is 0.518. The second-order valence-electron chi connectivity index (χ2n) is 6.96. The van der Waals surface area contributed by atoms with Gasteiger partial charge in [0.25, 0.3) is 5.91 Å². The summed E-state index contributed by atoms with van der Waals surface area (Å²) in [7, 11) is 1.55. The van der Waals surface area contributed by atoms with E-state index < -0.39 is 6.04 Å². The van der Waals surface area contributed by atoms with Crippen LogP contribution in [-0.4, -0.2) is 36.4 Å². The summed E-state index contributed by atoms with van der Waals surface area (Å²) < 4.78 is 6.77. The molecule has 0 bridgehead atoms. The fourth-order valence-electron chi connectivity index (χ4n) is 3.14. The first-order valence-electron chi connectivity index (χ1n) is 9.52. The number of hydrogen-bond donors (Lipinski definition) is 1. The van der Waals surface area contributed by atoms with Crippen molar-refractivity contribution < 1.29 is 14.3 Å². The van der Waals surface area contributed by atoms with Gasteiger partial charge in [0.2, 0.25) is 5.91 Å². The van der Waals surface area contributed by atoms with Gasteiger partial charge in [-0.1, -0.05) is 52.1 Å². The molecule has 2 aromatic carbocycles. The maximum Gasteiger partial charge on any atom is 0.261 e. The van der Waals surface area contributed by atoms with Gasteiger partial charge in [0.15, 0.2) is 6.61 Å². The lowest BCUT2D eigenvalue weighted by atomic mass is 10.1. The highest BCUT2D eigenvalue weighted by molar-refractivity contribution is 9.10. The standard InChI is InChI=1S/C22H25BrCl2N2O3/c1-5-19(22(29)26-4)27(11-15-6-7-16(24)10-18(15)25)20(28)12-30-17-8-13(2)21(23)14(3)9-17/h6-10,19H,5,11-12H2,1-4H3,(H,26,29). The van der Waals surface area contributed by atoms with E-state index in [0.717, 1.165) is 15.6 Å². The fourth-order valence-corrected chi connectivity index (χ4v) is 3.83. The number of aryl methyl sites for hydroxylation is 2. The molecule has 2 rings (SSSR count). The van der Waals surface area contributed by atoms with E-state index in [4.69, 9.17) is 27.9 Å². The molecule has 0 radical (unpaired) electrons. The van der Waals surface area contributed by atoms with Crippen LogP contribution in [-0.2, 0) is 16.1 Å². The maximum atomic E-state index is 13.1. The van der Waals surface area contributed by atoms with Gasteiger partial charge in [0.1, 0.15) is 11.8 Å². The average Bonchev–Trinajstić information content (AvgIpc) is 2.71. The number of carbonyl (C=O) groups is 2. The van der Waals surface area contributed by atoms with Crippen molar-refractivity contribution in [1.82, 2.24) is 10.2 Å². The van der Waals surface area contributed by atoms with E-state index in [-0.39, 0.29) is 25.0 Å². The number of ether oxygens (including phenoxy) is 1. The van der Waals surface area contributed by atoms with Gasteiger partial charge in [0, 0.05) is 28.1 Å². The van der Waals surface area contributed by atoms with Crippen molar-refractivity contribution >= 4 is 50.9 Å². The number of carbonyl (C=O) groups excluding carboxylic acids is 2. The first-order chi connectivity index (χ1) is 14.2. The summed E-state index contributed by atoms with van der Waals surface area (Å²) >= 11 is 15.8. The summed E-state index contributed by atoms with van der Waals surface area (Å²) in [4.78, 5) is 27.0. The molecule has 2 aromatic rings. The molecular weight excluding hydrogens is 491 g/mol. The smallest absolute Gasteiger partial charge is 0.261 e. The predicted molar refractivity (Wildman–Crippen MR) is 124 cm³/mol. The van der Waals surface area contributed by atoms with Gasteiger partial charge in [-0.2, -0.15) is 0 Å². The first-order valence-corrected chi connectivity index (χ1v) is 11.1. The van der Waals surface area contributed by atoms with Crippen LogP contribution in [0.4, 0.5) is 0 Å². The molecule has 8 heteroatoms. The van der Waals surface area contributed by atoms with Gasteiger partial charge in [-0.25, -0.2) is 0 Å². The predicted octanol–water partition coefficient (Wildman–Crippen LogP) is 5.30. The molecule has 30 heavy (non-hydrogen) atoms. The summed E-state index contributed by atoms with van der Waals surface area (Å²) in [5.74, 6) is 0.0416. The third kappa shape index (κ3) is 6.13. The Balaban J connectivity index is 2.26. The fraction of sp³-hybridized carbons (Fsp3) is 0.364. The molecule has 0 aromatic heterocycles. The van der Waals surface area contributed by atoms with Crippen molar-refractivity contribution in [2.45, 2.75) is 39.8 Å². The Morgan fingerprint density at radius 2 is 1.80 bits per heavy atom. The molecule has 0 spiro atoms. The molecule has 0 aliphatic heterocycles. The minimum atomic E-state index is -0.647. The van der Waals surface area contributed by atoms with Crippen molar-refractivity contribution in [1.29, 1.82) is 0 Å². The Hall–Kier alpha value is -1.76. The van der Waals surface area contributed by atoms with E-state index in [1.54, 1.807) is 25.2 Å². The molecule has 0 heterocycles. The van der Waals surface area contributed by atoms with E-state index >= 15 is 0 Å². The summed E-state index contributed by atoms with van der Waals surface area (Å²) in [5, 5.41) is 3.56. The molecule has 0 aliphatic rings. The number of nitrogens with zero attached hydrogens (tertiary/aromatic N) is 1. The van der Waals surface area contributed by atoms with Gasteiger partial charge in [-0.3, -0.25) is 9.59 Å². The second-order valence-corrected chi connectivity index (χ2v) is 8.59. The SMILES string of the molecule is CCC(C(=O)NC)N(Cc1ccc(Cl)cc1Cl)C(=O)COc1cc(C)c(Br)c(C)c1. The Kier molecular flexibility index (Phi) is 9.01. The van der Waals surface area contributed by atoms with E-state index in [1.165, 1.54) is 4.90 Å². The minimum absolute atomic E-state index is 0.169. The normalized spacial score (nSPS) is 11.7. The molecule has 1 unspecified atom stereocenters. The highest BCUT2D eigenvalue weighted by atomic mass is 79.9. The summed E-state index contributed by atoms with van der Waals surface area (Å²) in [5.41, 5.74) is 2.73. The highest BCUT2D eigenvalue weighted by Gasteiger charge is 2.29. The molecule has 2 amide bonds. The van der Waals surface area contributed by atoms with Gasteiger partial charge in [-0.15, -0.1) is 0 Å². The van der Waals surface area contributed by atoms with Crippen molar-refractivity contribution in [2.75, 3.05) is 13.7 Å². The number of benzene rings is 2. The third-order valence-corrected chi connectivity index (χ3v) is 6.60. The minimum Gasteiger partial charge on any atom is -0.484 e. The zero-order valence-electron chi connectivity index (χ0n) is 17.4. The number of halogens is 3. The number of rotatable bonds is 8. The summed E-state index contributed by atoms with van der Waals surface area (Å²) in [6.45, 7) is 5.74. The summed E-state index contributed by atoms with van der Waals surface area (Å²) in [6.07, 6.45) is 0.452. The first kappa shape index (κ1) is 24.5. The number of amides is 2. The lowest BCUT2D eigenvalue weighted by molar-refractivity contribution is -0.142. The van der Waals surface area contributed by atoms with E-state index in [2.05, 4.69) is 21.2 Å². The zero-order chi connectivity index (χ0) is 22.4. The summed E-state index contributed by atoms with van der Waals surface area (Å²) in [6, 6.07) is 8.15. The molecule has 0 saturated carbocycles. The van der Waals surface area contributed by atoms with E-state index in [0.29, 0.717) is 27.8 Å². The van der Waals surface area contributed by atoms with Crippen LogP contribution < -0.4 is 10.1 Å². The van der Waals surface area contributed by atoms with Crippen LogP contribution in [0.3, 0.4) is 0 Å². The molecule has 0 fully saturated rings. The molecule has 162 valence electrons. The number of hydrogen-bond acceptors (Lipinski definition) is 3. The van der Waals surface area contributed by atoms with Gasteiger partial charge >= 0.3 is 0 Å². The van der Waals surface area contributed by atoms with Crippen LogP contribution in [0, 0.1) is 13.8 Å². The topological polar surface area (TPSA) is 58.6 Å². The molecule has 0 aliphatic carbocycles. The lowest BCUT2D eigenvalue weighted by Gasteiger charge is -2.30. The largest absolute Gasteiger partial charge is 0.484 e. The Morgan fingerprint density at radius 3 is 2.33 bits per heavy atom. The molecule has 5 nitrogen and oxygen atoms in total. The van der Waals surface area contributed by atoms with Gasteiger partial charge in [0.05, 0.1) is 0 Å². The number of nitrogens with one attached hydrogen (secondary N) is 1. The van der Waals surface area contributed by atoms with Crippen LogP contribution in [0.5, 0.6) is 5.75 Å². The van der Waals surface area contributed by atoms with Crippen molar-refractivity contribution in [3.05, 3.63) is 61.5 Å². The molecule has 1 N–H and O–H groups in total. The third-order valence-electron chi connectivity index (χ3n) is 4.76. The Bertz CT molecular complexity index is 914. The van der Waals surface area contributed by atoms with Crippen LogP contribution >= 0.6 is 39.1 Å². The Morgan fingerprint density at radius 1 is 1.17 bits per heavy atom. The van der Waals surface area contributed by atoms with Crippen molar-refractivity contribution in [2.24, 2.45) is 0 Å². The van der Waals surface area contributed by atoms with Gasteiger partial charge < -0.3 is 15.0 Å². The second kappa shape index (κ2) is 11.0. The van der Waals surface area contributed by atoms with E-state index in [1.807, 2.05) is 32.9 Å². The van der Waals surface area contributed by atoms with E-state index in [9.17, 15) is 9.59 Å². The highest BCUT2D eigenvalue weighted by Crippen LogP contribution is 2.27. The lowest BCUT2D eigenvalue weighted by Crippen LogP contribution is -2.49. The maximum absolute atomic E-state index is 13.1. The Labute approximate surface area is 195 Å². The van der Waals surface area contributed by atoms with Gasteiger partial charge in [-0.05, 0) is 61.2 Å². The monoisotopic (exact) mass is 514 g/mol. The zero-order valence-corrected chi connectivity index (χ0v) is 20.5. The van der Waals surface area contributed by atoms with Crippen LogP contribution in [0.25, 0.3) is 0 Å². The molecule has 0 saturated heterocycles. The molecular formula is C22H25BrCl2N2O3. The van der Waals surface area contributed by atoms with Crippen molar-refractivity contribution in [3.8, 4) is 5.75 Å². The van der Waals surface area contributed by atoms with Crippen LogP contribution in [0.1, 0.15) is 30.0 Å². The van der Waals surface area contributed by atoms with Crippen LogP contribution in [0.15, 0.2) is 34.8 Å².